The van der Waals surface area contributed by atoms with Gasteiger partial charge in [0.2, 0.25) is 5.91 Å². The van der Waals surface area contributed by atoms with Crippen LogP contribution in [0.2, 0.25) is 0 Å². The van der Waals surface area contributed by atoms with E-state index in [-0.39, 0.29) is 11.8 Å². The van der Waals surface area contributed by atoms with Crippen molar-refractivity contribution < 1.29 is 9.59 Å². The van der Waals surface area contributed by atoms with Gasteiger partial charge < -0.3 is 10.6 Å². The fraction of sp³-hybridized carbons (Fsp3) is 0.529. The van der Waals surface area contributed by atoms with E-state index in [1.54, 1.807) is 0 Å². The first-order valence-electron chi connectivity index (χ1n) is 7.86. The Morgan fingerprint density at radius 3 is 2.55 bits per heavy atom. The highest BCUT2D eigenvalue weighted by Crippen LogP contribution is 2.36. The third-order valence-electron chi connectivity index (χ3n) is 3.76. The SMILES string of the molecule is CC(=O)NCCNC(=O)c1cc(C)ccc1SC1CCCC1. The predicted octanol–water partition coefficient (Wildman–Crippen LogP) is 2.90. The van der Waals surface area contributed by atoms with Gasteiger partial charge in [0.15, 0.2) is 0 Å². The molecule has 2 rings (SSSR count). The predicted molar refractivity (Wildman–Crippen MR) is 90.3 cm³/mol. The highest BCUT2D eigenvalue weighted by molar-refractivity contribution is 8.00. The van der Waals surface area contributed by atoms with Crippen molar-refractivity contribution in [3.8, 4) is 0 Å². The number of amides is 2. The summed E-state index contributed by atoms with van der Waals surface area (Å²) in [5, 5.41) is 6.19. The quantitative estimate of drug-likeness (QED) is 0.792. The number of carbonyl (C=O) groups excluding carboxylic acids is 2. The second-order valence-corrected chi connectivity index (χ2v) is 7.10. The van der Waals surface area contributed by atoms with Gasteiger partial charge in [0.05, 0.1) is 5.56 Å². The number of rotatable bonds is 6. The molecule has 5 heteroatoms. The third-order valence-corrected chi connectivity index (χ3v) is 5.17. The lowest BCUT2D eigenvalue weighted by atomic mass is 10.1. The van der Waals surface area contributed by atoms with E-state index in [9.17, 15) is 9.59 Å². The van der Waals surface area contributed by atoms with Crippen LogP contribution >= 0.6 is 11.8 Å². The van der Waals surface area contributed by atoms with Crippen molar-refractivity contribution in [3.63, 3.8) is 0 Å². The molecule has 1 aromatic carbocycles. The zero-order valence-electron chi connectivity index (χ0n) is 13.3. The summed E-state index contributed by atoms with van der Waals surface area (Å²) in [5.41, 5.74) is 1.84. The zero-order valence-corrected chi connectivity index (χ0v) is 14.1. The molecular weight excluding hydrogens is 296 g/mol. The maximum Gasteiger partial charge on any atom is 0.252 e. The van der Waals surface area contributed by atoms with Gasteiger partial charge in [0, 0.05) is 30.2 Å². The molecule has 1 aromatic rings. The van der Waals surface area contributed by atoms with E-state index < -0.39 is 0 Å². The van der Waals surface area contributed by atoms with E-state index in [4.69, 9.17) is 0 Å². The van der Waals surface area contributed by atoms with Crippen LogP contribution in [0.5, 0.6) is 0 Å². The maximum absolute atomic E-state index is 12.4. The number of benzene rings is 1. The molecule has 0 saturated heterocycles. The Morgan fingerprint density at radius 2 is 1.86 bits per heavy atom. The van der Waals surface area contributed by atoms with E-state index in [1.165, 1.54) is 32.6 Å². The summed E-state index contributed by atoms with van der Waals surface area (Å²) in [6.45, 7) is 4.37. The minimum atomic E-state index is -0.0812. The minimum Gasteiger partial charge on any atom is -0.355 e. The first kappa shape index (κ1) is 16.9. The average Bonchev–Trinajstić information content (AvgIpc) is 2.98. The smallest absolute Gasteiger partial charge is 0.252 e. The molecule has 1 fully saturated rings. The van der Waals surface area contributed by atoms with E-state index in [1.807, 2.05) is 24.8 Å². The standard InChI is InChI=1S/C17H24N2O2S/c1-12-7-8-16(22-14-5-3-4-6-14)15(11-12)17(21)19-10-9-18-13(2)20/h7-8,11,14H,3-6,9-10H2,1-2H3,(H,18,20)(H,19,21). The van der Waals surface area contributed by atoms with Gasteiger partial charge in [0.25, 0.3) is 5.91 Å². The van der Waals surface area contributed by atoms with Crippen LogP contribution < -0.4 is 10.6 Å². The Labute approximate surface area is 136 Å². The Morgan fingerprint density at radius 1 is 1.18 bits per heavy atom. The van der Waals surface area contributed by atoms with E-state index in [0.29, 0.717) is 18.3 Å². The molecule has 22 heavy (non-hydrogen) atoms. The van der Waals surface area contributed by atoms with Crippen LogP contribution in [0.25, 0.3) is 0 Å². The summed E-state index contributed by atoms with van der Waals surface area (Å²) in [6.07, 6.45) is 5.06. The second-order valence-electron chi connectivity index (χ2n) is 5.76. The van der Waals surface area contributed by atoms with Crippen LogP contribution in [-0.4, -0.2) is 30.2 Å². The lowest BCUT2D eigenvalue weighted by Crippen LogP contribution is -2.33. The lowest BCUT2D eigenvalue weighted by molar-refractivity contribution is -0.118. The van der Waals surface area contributed by atoms with Crippen molar-refractivity contribution in [2.24, 2.45) is 0 Å². The van der Waals surface area contributed by atoms with Crippen LogP contribution in [-0.2, 0) is 4.79 Å². The van der Waals surface area contributed by atoms with E-state index >= 15 is 0 Å². The van der Waals surface area contributed by atoms with Crippen LogP contribution in [0.4, 0.5) is 0 Å². The molecular formula is C17H24N2O2S. The summed E-state index contributed by atoms with van der Waals surface area (Å²) in [6, 6.07) is 6.07. The molecule has 1 aliphatic rings. The highest BCUT2D eigenvalue weighted by Gasteiger charge is 2.19. The van der Waals surface area contributed by atoms with Crippen LogP contribution in [0.1, 0.15) is 48.5 Å². The molecule has 0 aliphatic heterocycles. The number of carbonyl (C=O) groups is 2. The number of hydrogen-bond acceptors (Lipinski definition) is 3. The molecule has 0 heterocycles. The van der Waals surface area contributed by atoms with Gasteiger partial charge in [-0.15, -0.1) is 11.8 Å². The van der Waals surface area contributed by atoms with Gasteiger partial charge in [-0.2, -0.15) is 0 Å². The molecule has 0 spiro atoms. The number of aryl methyl sites for hydroxylation is 1. The van der Waals surface area contributed by atoms with E-state index in [2.05, 4.69) is 22.8 Å². The molecule has 4 nitrogen and oxygen atoms in total. The fourth-order valence-electron chi connectivity index (χ4n) is 2.62. The van der Waals surface area contributed by atoms with Crippen LogP contribution in [0.3, 0.4) is 0 Å². The third kappa shape index (κ3) is 5.05. The maximum atomic E-state index is 12.4. The average molecular weight is 320 g/mol. The molecule has 2 amide bonds. The monoisotopic (exact) mass is 320 g/mol. The molecule has 0 unspecified atom stereocenters. The van der Waals surface area contributed by atoms with Crippen LogP contribution in [0, 0.1) is 6.92 Å². The van der Waals surface area contributed by atoms with Gasteiger partial charge in [-0.1, -0.05) is 24.5 Å². The molecule has 0 aromatic heterocycles. The fourth-order valence-corrected chi connectivity index (χ4v) is 3.97. The first-order chi connectivity index (χ1) is 10.6. The highest BCUT2D eigenvalue weighted by atomic mass is 32.2. The van der Waals surface area contributed by atoms with Crippen molar-refractivity contribution in [1.29, 1.82) is 0 Å². The molecule has 0 bridgehead atoms. The largest absolute Gasteiger partial charge is 0.355 e. The summed E-state index contributed by atoms with van der Waals surface area (Å²) in [7, 11) is 0. The van der Waals surface area contributed by atoms with Crippen molar-refractivity contribution in [3.05, 3.63) is 29.3 Å². The van der Waals surface area contributed by atoms with Gasteiger partial charge in [0.1, 0.15) is 0 Å². The van der Waals surface area contributed by atoms with Gasteiger partial charge in [-0.25, -0.2) is 0 Å². The summed E-state index contributed by atoms with van der Waals surface area (Å²) >= 11 is 1.83. The van der Waals surface area contributed by atoms with Gasteiger partial charge in [-0.05, 0) is 31.9 Å². The van der Waals surface area contributed by atoms with E-state index in [0.717, 1.165) is 16.0 Å². The summed E-state index contributed by atoms with van der Waals surface area (Å²) in [5.74, 6) is -0.142. The van der Waals surface area contributed by atoms with Crippen molar-refractivity contribution >= 4 is 23.6 Å². The number of hydrogen-bond donors (Lipinski definition) is 2. The Balaban J connectivity index is 1.99. The van der Waals surface area contributed by atoms with Gasteiger partial charge >= 0.3 is 0 Å². The van der Waals surface area contributed by atoms with Crippen molar-refractivity contribution in [1.82, 2.24) is 10.6 Å². The molecule has 1 aliphatic carbocycles. The topological polar surface area (TPSA) is 58.2 Å². The zero-order chi connectivity index (χ0) is 15.9. The molecule has 2 N–H and O–H groups in total. The molecule has 0 atom stereocenters. The Hall–Kier alpha value is -1.49. The summed E-state index contributed by atoms with van der Waals surface area (Å²) in [4.78, 5) is 24.3. The van der Waals surface area contributed by atoms with Crippen molar-refractivity contribution in [2.45, 2.75) is 49.7 Å². The lowest BCUT2D eigenvalue weighted by Gasteiger charge is -2.14. The first-order valence-corrected chi connectivity index (χ1v) is 8.74. The molecule has 0 radical (unpaired) electrons. The van der Waals surface area contributed by atoms with Gasteiger partial charge in [-0.3, -0.25) is 9.59 Å². The van der Waals surface area contributed by atoms with Crippen molar-refractivity contribution in [2.75, 3.05) is 13.1 Å². The summed E-state index contributed by atoms with van der Waals surface area (Å²) < 4.78 is 0. The second kappa shape index (κ2) is 8.22. The van der Waals surface area contributed by atoms with Crippen LogP contribution in [0.15, 0.2) is 23.1 Å². The number of nitrogens with one attached hydrogen (secondary N) is 2. The normalized spacial score (nSPS) is 14.8. The molecule has 1 saturated carbocycles. The Bertz CT molecular complexity index is 539. The minimum absolute atomic E-state index is 0.0606. The number of thioether (sulfide) groups is 1. The Kier molecular flexibility index (Phi) is 6.31. The molecule has 120 valence electrons.